The van der Waals surface area contributed by atoms with E-state index in [2.05, 4.69) is 4.98 Å². The molecule has 0 amide bonds. The number of aromatic nitrogens is 1. The van der Waals surface area contributed by atoms with Crippen molar-refractivity contribution in [2.75, 3.05) is 0 Å². The van der Waals surface area contributed by atoms with Gasteiger partial charge in [-0.05, 0) is 36.4 Å². The molecule has 9 nitrogen and oxygen atoms in total. The lowest BCUT2D eigenvalue weighted by Crippen LogP contribution is -2.18. The van der Waals surface area contributed by atoms with Gasteiger partial charge < -0.3 is 8.83 Å². The summed E-state index contributed by atoms with van der Waals surface area (Å²) in [5.74, 6) is 1.09. The normalized spacial score (nSPS) is 10.4. The Hall–Kier alpha value is -3.43. The van der Waals surface area contributed by atoms with Crippen LogP contribution in [0.1, 0.15) is 11.3 Å². The molecular formula is C15H13N5O4. The molecule has 24 heavy (non-hydrogen) atoms. The van der Waals surface area contributed by atoms with Crippen molar-refractivity contribution in [2.45, 2.75) is 0 Å². The monoisotopic (exact) mass is 327 g/mol. The summed E-state index contributed by atoms with van der Waals surface area (Å²) in [6, 6.07) is 9.84. The summed E-state index contributed by atoms with van der Waals surface area (Å²) < 4.78 is 11.1. The Morgan fingerprint density at radius 2 is 1.50 bits per heavy atom. The van der Waals surface area contributed by atoms with E-state index in [-0.39, 0.29) is 17.4 Å². The molecule has 0 atom stereocenters. The molecule has 3 heterocycles. The van der Waals surface area contributed by atoms with E-state index in [1.54, 1.807) is 41.3 Å². The molecule has 0 aliphatic heterocycles. The molecular weight excluding hydrogens is 314 g/mol. The van der Waals surface area contributed by atoms with Gasteiger partial charge in [-0.2, -0.15) is 0 Å². The minimum absolute atomic E-state index is 0.155. The Balaban J connectivity index is 1.84. The Labute approximate surface area is 135 Å². The second-order valence-corrected chi connectivity index (χ2v) is 4.73. The van der Waals surface area contributed by atoms with E-state index < -0.39 is 0 Å². The summed E-state index contributed by atoms with van der Waals surface area (Å²) in [5, 5.41) is 32.3. The first-order valence-electron chi connectivity index (χ1n) is 6.77. The fourth-order valence-electron chi connectivity index (χ4n) is 2.02. The van der Waals surface area contributed by atoms with Gasteiger partial charge in [0.05, 0.1) is 0 Å². The smallest absolute Gasteiger partial charge is 0.185 e. The third-order valence-electron chi connectivity index (χ3n) is 3.23. The van der Waals surface area contributed by atoms with Gasteiger partial charge in [0.15, 0.2) is 34.7 Å². The summed E-state index contributed by atoms with van der Waals surface area (Å²) in [6.07, 6.45) is 1.43. The lowest BCUT2D eigenvalue weighted by atomic mass is 10.2. The molecule has 0 saturated carbocycles. The molecule has 0 fully saturated rings. The standard InChI is InChI=1S/C15H13N5O4/c16-14(19-21)8-1-2-9(18-7-8)10-3-4-11(23-10)12-5-6-13(24-12)15(17)20-22/h1-7,21-22H,(H2,16,19)(H2,17,20). The highest BCUT2D eigenvalue weighted by Gasteiger charge is 2.13. The molecule has 6 N–H and O–H groups in total. The van der Waals surface area contributed by atoms with Gasteiger partial charge in [-0.1, -0.05) is 0 Å². The predicted molar refractivity (Wildman–Crippen MR) is 83.1 cm³/mol. The first kappa shape index (κ1) is 15.5. The Morgan fingerprint density at radius 1 is 0.833 bits per heavy atom. The summed E-state index contributed by atoms with van der Waals surface area (Å²) in [7, 11) is 0. The van der Waals surface area contributed by atoms with Gasteiger partial charge in [0.1, 0.15) is 5.69 Å². The molecule has 3 aromatic heterocycles. The summed E-state index contributed by atoms with van der Waals surface area (Å²) >= 11 is 0. The zero-order valence-corrected chi connectivity index (χ0v) is 12.2. The van der Waals surface area contributed by atoms with Crippen molar-refractivity contribution in [3.63, 3.8) is 0 Å². The fourth-order valence-corrected chi connectivity index (χ4v) is 2.02. The quantitative estimate of drug-likeness (QED) is 0.244. The van der Waals surface area contributed by atoms with Crippen molar-refractivity contribution in [1.29, 1.82) is 10.8 Å². The third-order valence-corrected chi connectivity index (χ3v) is 3.23. The average Bonchev–Trinajstić information content (AvgIpc) is 3.29. The topological polar surface area (TPSA) is 151 Å². The van der Waals surface area contributed by atoms with Crippen molar-refractivity contribution in [2.24, 2.45) is 0 Å². The highest BCUT2D eigenvalue weighted by Crippen LogP contribution is 2.28. The lowest BCUT2D eigenvalue weighted by Gasteiger charge is -2.02. The van der Waals surface area contributed by atoms with Crippen LogP contribution < -0.4 is 11.0 Å². The summed E-state index contributed by atoms with van der Waals surface area (Å²) in [5.41, 5.74) is 4.43. The number of pyridine rings is 1. The Kier molecular flexibility index (Phi) is 4.10. The Morgan fingerprint density at radius 3 is 2.17 bits per heavy atom. The van der Waals surface area contributed by atoms with Gasteiger partial charge in [0, 0.05) is 11.8 Å². The maximum absolute atomic E-state index is 8.70. The van der Waals surface area contributed by atoms with Crippen molar-refractivity contribution in [3.8, 4) is 23.0 Å². The van der Waals surface area contributed by atoms with Gasteiger partial charge >= 0.3 is 0 Å². The van der Waals surface area contributed by atoms with Crippen molar-refractivity contribution in [3.05, 3.63) is 53.9 Å². The molecule has 9 heteroatoms. The molecule has 3 rings (SSSR count). The largest absolute Gasteiger partial charge is 0.451 e. The highest BCUT2D eigenvalue weighted by molar-refractivity contribution is 5.95. The van der Waals surface area contributed by atoms with E-state index in [4.69, 9.17) is 30.1 Å². The minimum Gasteiger partial charge on any atom is -0.451 e. The maximum atomic E-state index is 8.70. The number of nitrogens with one attached hydrogen (secondary N) is 4. The third kappa shape index (κ3) is 2.89. The van der Waals surface area contributed by atoms with Crippen molar-refractivity contribution in [1.82, 2.24) is 15.9 Å². The zero-order chi connectivity index (χ0) is 17.1. The van der Waals surface area contributed by atoms with E-state index in [9.17, 15) is 0 Å². The predicted octanol–water partition coefficient (Wildman–Crippen LogP) is 2.21. The number of hydroxylamine groups is 2. The Bertz CT molecular complexity index is 881. The zero-order valence-electron chi connectivity index (χ0n) is 12.2. The fraction of sp³-hybridized carbons (Fsp3) is 0. The molecule has 0 unspecified atom stereocenters. The molecule has 0 saturated heterocycles. The molecule has 122 valence electrons. The van der Waals surface area contributed by atoms with Crippen LogP contribution in [-0.4, -0.2) is 27.1 Å². The lowest BCUT2D eigenvalue weighted by molar-refractivity contribution is 0.232. The van der Waals surface area contributed by atoms with Crippen LogP contribution >= 0.6 is 0 Å². The van der Waals surface area contributed by atoms with Gasteiger partial charge in [0.25, 0.3) is 0 Å². The van der Waals surface area contributed by atoms with Crippen LogP contribution in [0, 0.1) is 10.8 Å². The first-order valence-corrected chi connectivity index (χ1v) is 6.77. The number of hydrogen-bond acceptors (Lipinski definition) is 7. The van der Waals surface area contributed by atoms with Gasteiger partial charge in [-0.3, -0.25) is 31.7 Å². The van der Waals surface area contributed by atoms with Crippen LogP contribution in [0.5, 0.6) is 0 Å². The van der Waals surface area contributed by atoms with E-state index in [1.165, 1.54) is 12.3 Å². The second kappa shape index (κ2) is 6.36. The molecule has 0 radical (unpaired) electrons. The maximum Gasteiger partial charge on any atom is 0.185 e. The minimum atomic E-state index is -0.259. The van der Waals surface area contributed by atoms with Crippen LogP contribution in [0.3, 0.4) is 0 Å². The number of rotatable bonds is 4. The molecule has 0 aliphatic rings. The van der Waals surface area contributed by atoms with E-state index in [1.807, 2.05) is 0 Å². The summed E-state index contributed by atoms with van der Waals surface area (Å²) in [6.45, 7) is 0. The van der Waals surface area contributed by atoms with Crippen LogP contribution in [0.25, 0.3) is 23.0 Å². The molecule has 0 aromatic carbocycles. The van der Waals surface area contributed by atoms with Gasteiger partial charge in [0.2, 0.25) is 0 Å². The van der Waals surface area contributed by atoms with Crippen LogP contribution in [0.2, 0.25) is 0 Å². The number of nitrogens with zero attached hydrogens (tertiary/aromatic N) is 1. The number of amidine groups is 2. The van der Waals surface area contributed by atoms with Crippen molar-refractivity contribution >= 4 is 11.7 Å². The molecule has 0 spiro atoms. The number of hydrogen-bond donors (Lipinski definition) is 6. The van der Waals surface area contributed by atoms with Gasteiger partial charge in [-0.25, -0.2) is 5.48 Å². The van der Waals surface area contributed by atoms with Crippen LogP contribution in [0.4, 0.5) is 0 Å². The second-order valence-electron chi connectivity index (χ2n) is 4.73. The van der Waals surface area contributed by atoms with Crippen LogP contribution in [0.15, 0.2) is 51.4 Å². The molecule has 3 aromatic rings. The van der Waals surface area contributed by atoms with Crippen LogP contribution in [-0.2, 0) is 0 Å². The number of furan rings is 2. The highest BCUT2D eigenvalue weighted by atomic mass is 16.5. The first-order chi connectivity index (χ1) is 11.6. The van der Waals surface area contributed by atoms with Gasteiger partial charge in [-0.15, -0.1) is 0 Å². The average molecular weight is 327 g/mol. The molecule has 0 bridgehead atoms. The summed E-state index contributed by atoms with van der Waals surface area (Å²) in [4.78, 5) is 4.18. The van der Waals surface area contributed by atoms with E-state index in [0.717, 1.165) is 0 Å². The molecule has 0 aliphatic carbocycles. The van der Waals surface area contributed by atoms with Crippen molar-refractivity contribution < 1.29 is 19.2 Å². The van der Waals surface area contributed by atoms with E-state index >= 15 is 0 Å². The SMILES string of the molecule is N=C(NO)c1ccc(-c2ccc(-c3ccc(C(=N)NO)o3)o2)nc1. The van der Waals surface area contributed by atoms with E-state index in [0.29, 0.717) is 28.5 Å².